The van der Waals surface area contributed by atoms with Crippen LogP contribution in [-0.4, -0.2) is 29.6 Å². The molecule has 0 spiro atoms. The van der Waals surface area contributed by atoms with Gasteiger partial charge in [0.1, 0.15) is 11.2 Å². The molecule has 2 aromatic carbocycles. The highest BCUT2D eigenvalue weighted by molar-refractivity contribution is 7.19. The van der Waals surface area contributed by atoms with E-state index in [1.54, 1.807) is 13.3 Å². The summed E-state index contributed by atoms with van der Waals surface area (Å²) in [5.41, 5.74) is 2.50. The van der Waals surface area contributed by atoms with Crippen LogP contribution in [0.2, 0.25) is 0 Å². The van der Waals surface area contributed by atoms with Crippen LogP contribution in [0.25, 0.3) is 21.3 Å². The van der Waals surface area contributed by atoms with E-state index in [1.807, 2.05) is 62.4 Å². The third kappa shape index (κ3) is 3.71. The van der Waals surface area contributed by atoms with Gasteiger partial charge in [-0.2, -0.15) is 9.78 Å². The van der Waals surface area contributed by atoms with Crippen LogP contribution in [-0.2, 0) is 0 Å². The van der Waals surface area contributed by atoms with Crippen LogP contribution in [0.5, 0.6) is 11.5 Å². The second kappa shape index (κ2) is 8.51. The smallest absolute Gasteiger partial charge is 0.283 e. The summed E-state index contributed by atoms with van der Waals surface area (Å²) in [6, 6.07) is 15.4. The van der Waals surface area contributed by atoms with Crippen LogP contribution in [0.4, 0.5) is 0 Å². The van der Waals surface area contributed by atoms with Gasteiger partial charge in [-0.1, -0.05) is 30.3 Å². The number of fused-ring (bicyclic) bond motifs is 1. The molecule has 0 aliphatic heterocycles. The average molecular weight is 420 g/mol. The first kappa shape index (κ1) is 19.8. The first-order chi connectivity index (χ1) is 14.6. The Morgan fingerprint density at radius 1 is 1.17 bits per heavy atom. The van der Waals surface area contributed by atoms with Crippen molar-refractivity contribution in [3.63, 3.8) is 0 Å². The highest BCUT2D eigenvalue weighted by Crippen LogP contribution is 2.35. The molecule has 0 aliphatic rings. The van der Waals surface area contributed by atoms with Crippen molar-refractivity contribution in [3.8, 4) is 22.6 Å². The van der Waals surface area contributed by atoms with Gasteiger partial charge >= 0.3 is 0 Å². The van der Waals surface area contributed by atoms with Crippen molar-refractivity contribution in [1.82, 2.24) is 9.66 Å². The van der Waals surface area contributed by atoms with Crippen molar-refractivity contribution >= 4 is 27.8 Å². The van der Waals surface area contributed by atoms with Crippen molar-refractivity contribution in [2.24, 2.45) is 5.10 Å². The first-order valence-corrected chi connectivity index (χ1v) is 10.4. The molecule has 152 valence electrons. The van der Waals surface area contributed by atoms with Gasteiger partial charge in [-0.25, -0.2) is 4.98 Å². The fourth-order valence-corrected chi connectivity index (χ4v) is 4.30. The van der Waals surface area contributed by atoms with E-state index in [2.05, 4.69) is 10.1 Å². The molecule has 0 radical (unpaired) electrons. The van der Waals surface area contributed by atoms with Crippen molar-refractivity contribution in [2.45, 2.75) is 13.8 Å². The Labute approximate surface area is 178 Å². The van der Waals surface area contributed by atoms with E-state index in [-0.39, 0.29) is 5.56 Å². The molecule has 0 aliphatic carbocycles. The lowest BCUT2D eigenvalue weighted by Crippen LogP contribution is -2.16. The predicted octanol–water partition coefficient (Wildman–Crippen LogP) is 4.72. The second-order valence-electron chi connectivity index (χ2n) is 6.56. The Kier molecular flexibility index (Phi) is 5.63. The maximum atomic E-state index is 13.2. The molecule has 7 heteroatoms. The zero-order chi connectivity index (χ0) is 21.1. The summed E-state index contributed by atoms with van der Waals surface area (Å²) in [7, 11) is 1.59. The Morgan fingerprint density at radius 3 is 2.70 bits per heavy atom. The number of benzene rings is 2. The highest BCUT2D eigenvalue weighted by Gasteiger charge is 2.16. The van der Waals surface area contributed by atoms with E-state index in [0.29, 0.717) is 28.3 Å². The van der Waals surface area contributed by atoms with Gasteiger partial charge in [-0.05, 0) is 43.2 Å². The number of rotatable bonds is 6. The molecule has 0 saturated carbocycles. The molecule has 0 bridgehead atoms. The zero-order valence-electron chi connectivity index (χ0n) is 17.0. The van der Waals surface area contributed by atoms with Crippen LogP contribution >= 0.6 is 11.3 Å². The number of nitrogens with zero attached hydrogens (tertiary/aromatic N) is 3. The molecule has 6 nitrogen and oxygen atoms in total. The number of aryl methyl sites for hydroxylation is 1. The van der Waals surface area contributed by atoms with E-state index in [1.165, 1.54) is 22.3 Å². The maximum absolute atomic E-state index is 13.2. The van der Waals surface area contributed by atoms with Crippen LogP contribution in [0, 0.1) is 6.92 Å². The van der Waals surface area contributed by atoms with Gasteiger partial charge in [0.2, 0.25) is 0 Å². The summed E-state index contributed by atoms with van der Waals surface area (Å²) in [6.45, 7) is 4.48. The van der Waals surface area contributed by atoms with Gasteiger partial charge in [0.15, 0.2) is 11.5 Å². The lowest BCUT2D eigenvalue weighted by molar-refractivity contribution is 0.311. The molecule has 30 heavy (non-hydrogen) atoms. The van der Waals surface area contributed by atoms with Crippen molar-refractivity contribution in [1.29, 1.82) is 0 Å². The van der Waals surface area contributed by atoms with Crippen LogP contribution in [0.15, 0.2) is 64.8 Å². The minimum absolute atomic E-state index is 0.197. The maximum Gasteiger partial charge on any atom is 0.283 e. The molecule has 4 rings (SSSR count). The standard InChI is InChI=1S/C23H21N3O3S/c1-4-29-18-11-10-16(12-19(18)28-3)13-25-26-14-24-22-21(23(26)27)20(15(2)30-22)17-8-6-5-7-9-17/h5-14H,4H2,1-3H3/b25-13-. The number of methoxy groups -OCH3 is 1. The minimum atomic E-state index is -0.197. The molecule has 0 fully saturated rings. The van der Waals surface area contributed by atoms with Crippen LogP contribution < -0.4 is 15.0 Å². The van der Waals surface area contributed by atoms with Crippen molar-refractivity contribution < 1.29 is 9.47 Å². The zero-order valence-corrected chi connectivity index (χ0v) is 17.8. The van der Waals surface area contributed by atoms with E-state index >= 15 is 0 Å². The van der Waals surface area contributed by atoms with Gasteiger partial charge < -0.3 is 9.47 Å². The molecule has 4 aromatic rings. The van der Waals surface area contributed by atoms with E-state index in [4.69, 9.17) is 9.47 Å². The van der Waals surface area contributed by atoms with Gasteiger partial charge in [-0.3, -0.25) is 4.79 Å². The second-order valence-corrected chi connectivity index (χ2v) is 7.76. The quantitative estimate of drug-likeness (QED) is 0.424. The Bertz CT molecular complexity index is 1280. The summed E-state index contributed by atoms with van der Waals surface area (Å²) in [5.74, 6) is 1.28. The van der Waals surface area contributed by atoms with Crippen molar-refractivity contribution in [3.05, 3.63) is 75.7 Å². The molecule has 0 amide bonds. The minimum Gasteiger partial charge on any atom is -0.493 e. The third-order valence-electron chi connectivity index (χ3n) is 4.65. The van der Waals surface area contributed by atoms with Gasteiger partial charge in [-0.15, -0.1) is 11.3 Å². The lowest BCUT2D eigenvalue weighted by atomic mass is 10.0. The number of hydrogen-bond acceptors (Lipinski definition) is 6. The predicted molar refractivity (Wildman–Crippen MR) is 121 cm³/mol. The molecule has 0 atom stereocenters. The normalized spacial score (nSPS) is 11.3. The number of hydrogen-bond donors (Lipinski definition) is 0. The summed E-state index contributed by atoms with van der Waals surface area (Å²) >= 11 is 1.52. The van der Waals surface area contributed by atoms with Crippen molar-refractivity contribution in [2.75, 3.05) is 13.7 Å². The number of thiophene rings is 1. The fraction of sp³-hybridized carbons (Fsp3) is 0.174. The Morgan fingerprint density at radius 2 is 1.97 bits per heavy atom. The van der Waals surface area contributed by atoms with Crippen LogP contribution in [0.3, 0.4) is 0 Å². The highest BCUT2D eigenvalue weighted by atomic mass is 32.1. The SMILES string of the molecule is CCOc1ccc(/C=N\n2cnc3sc(C)c(-c4ccccc4)c3c2=O)cc1OC. The topological polar surface area (TPSA) is 65.7 Å². The van der Waals surface area contributed by atoms with E-state index in [9.17, 15) is 4.79 Å². The number of aromatic nitrogens is 2. The van der Waals surface area contributed by atoms with Gasteiger partial charge in [0.25, 0.3) is 5.56 Å². The van der Waals surface area contributed by atoms with E-state index in [0.717, 1.165) is 21.6 Å². The molecule has 0 N–H and O–H groups in total. The molecule has 2 aromatic heterocycles. The summed E-state index contributed by atoms with van der Waals surface area (Å²) < 4.78 is 12.2. The third-order valence-corrected chi connectivity index (χ3v) is 5.67. The Balaban J connectivity index is 1.76. The summed E-state index contributed by atoms with van der Waals surface area (Å²) in [6.07, 6.45) is 3.06. The largest absolute Gasteiger partial charge is 0.493 e. The molecule has 0 saturated heterocycles. The summed E-state index contributed by atoms with van der Waals surface area (Å²) in [4.78, 5) is 19.4. The molecule has 0 unspecified atom stereocenters. The lowest BCUT2D eigenvalue weighted by Gasteiger charge is -2.09. The number of ether oxygens (including phenoxy) is 2. The van der Waals surface area contributed by atoms with Crippen LogP contribution in [0.1, 0.15) is 17.4 Å². The molecular formula is C23H21N3O3S. The Hall–Kier alpha value is -3.45. The van der Waals surface area contributed by atoms with E-state index < -0.39 is 0 Å². The van der Waals surface area contributed by atoms with Gasteiger partial charge in [0.05, 0.1) is 25.3 Å². The fourth-order valence-electron chi connectivity index (χ4n) is 3.30. The average Bonchev–Trinajstić information content (AvgIpc) is 3.11. The monoisotopic (exact) mass is 419 g/mol. The molecule has 2 heterocycles. The van der Waals surface area contributed by atoms with Gasteiger partial charge in [0, 0.05) is 10.4 Å². The first-order valence-electron chi connectivity index (χ1n) is 9.53. The summed E-state index contributed by atoms with van der Waals surface area (Å²) in [5, 5.41) is 4.94. The molecular weight excluding hydrogens is 398 g/mol.